The Labute approximate surface area is 140 Å². The molecule has 2 rings (SSSR count). The Kier molecular flexibility index (Phi) is 5.26. The second-order valence-electron chi connectivity index (χ2n) is 5.58. The van der Waals surface area contributed by atoms with Crippen molar-refractivity contribution in [1.82, 2.24) is 0 Å². The van der Waals surface area contributed by atoms with Gasteiger partial charge in [-0.05, 0) is 68.7 Å². The van der Waals surface area contributed by atoms with Crippen LogP contribution in [0.2, 0.25) is 5.02 Å². The van der Waals surface area contributed by atoms with Crippen molar-refractivity contribution in [3.63, 3.8) is 0 Å². The monoisotopic (exact) mass is 335 g/mol. The fraction of sp³-hybridized carbons (Fsp3) is 0.278. The van der Waals surface area contributed by atoms with Gasteiger partial charge in [0.2, 0.25) is 0 Å². The molecule has 0 fully saturated rings. The predicted octanol–water partition coefficient (Wildman–Crippen LogP) is 4.81. The van der Waals surface area contributed by atoms with Crippen molar-refractivity contribution < 1.29 is 13.9 Å². The number of hydrogen-bond donors (Lipinski definition) is 1. The Bertz CT molecular complexity index is 746. The largest absolute Gasteiger partial charge is 0.481 e. The Morgan fingerprint density at radius 3 is 2.57 bits per heavy atom. The summed E-state index contributed by atoms with van der Waals surface area (Å²) in [6.45, 7) is 7.59. The zero-order chi connectivity index (χ0) is 17.1. The Morgan fingerprint density at radius 1 is 1.22 bits per heavy atom. The van der Waals surface area contributed by atoms with Crippen molar-refractivity contribution in [3.05, 3.63) is 57.9 Å². The summed E-state index contributed by atoms with van der Waals surface area (Å²) < 4.78 is 18.9. The molecule has 1 N–H and O–H groups in total. The molecule has 3 nitrogen and oxygen atoms in total. The first-order chi connectivity index (χ1) is 10.8. The molecule has 1 amide bonds. The molecule has 0 aliphatic rings. The minimum atomic E-state index is -0.696. The standard InChI is InChI=1S/C18H19ClFNO2/c1-10-7-11(2)12(3)17(8-10)23-13(4)18(22)21-14-5-6-16(20)15(19)9-14/h5-9,13H,1-4H3,(H,21,22)/t13-/m0/s1. The van der Waals surface area contributed by atoms with E-state index in [1.807, 2.05) is 26.8 Å². The highest BCUT2D eigenvalue weighted by molar-refractivity contribution is 6.31. The van der Waals surface area contributed by atoms with Crippen LogP contribution >= 0.6 is 11.6 Å². The SMILES string of the molecule is Cc1cc(C)c(C)c(O[C@@H](C)C(=O)Nc2ccc(F)c(Cl)c2)c1. The van der Waals surface area contributed by atoms with Crippen LogP contribution in [0.25, 0.3) is 0 Å². The van der Waals surface area contributed by atoms with Gasteiger partial charge in [-0.2, -0.15) is 0 Å². The maximum Gasteiger partial charge on any atom is 0.265 e. The van der Waals surface area contributed by atoms with E-state index in [9.17, 15) is 9.18 Å². The van der Waals surface area contributed by atoms with Crippen LogP contribution in [0.3, 0.4) is 0 Å². The van der Waals surface area contributed by atoms with Crippen LogP contribution < -0.4 is 10.1 Å². The zero-order valence-electron chi connectivity index (χ0n) is 13.5. The summed E-state index contributed by atoms with van der Waals surface area (Å²) in [5, 5.41) is 2.62. The highest BCUT2D eigenvalue weighted by Crippen LogP contribution is 2.25. The summed E-state index contributed by atoms with van der Waals surface area (Å²) >= 11 is 5.70. The van der Waals surface area contributed by atoms with Crippen molar-refractivity contribution in [2.24, 2.45) is 0 Å². The van der Waals surface area contributed by atoms with E-state index in [1.165, 1.54) is 18.2 Å². The average Bonchev–Trinajstić information content (AvgIpc) is 2.48. The lowest BCUT2D eigenvalue weighted by atomic mass is 10.1. The molecule has 5 heteroatoms. The third-order valence-corrected chi connectivity index (χ3v) is 3.91. The normalized spacial score (nSPS) is 11.9. The number of nitrogens with one attached hydrogen (secondary N) is 1. The number of carbonyl (C=O) groups is 1. The minimum absolute atomic E-state index is 0.0403. The number of aryl methyl sites for hydroxylation is 2. The number of amides is 1. The van der Waals surface area contributed by atoms with Gasteiger partial charge in [-0.1, -0.05) is 17.7 Å². The number of anilines is 1. The van der Waals surface area contributed by atoms with Crippen LogP contribution in [0.15, 0.2) is 30.3 Å². The van der Waals surface area contributed by atoms with Gasteiger partial charge in [0.1, 0.15) is 11.6 Å². The molecule has 0 aromatic heterocycles. The Hall–Kier alpha value is -2.07. The third kappa shape index (κ3) is 4.23. The van der Waals surface area contributed by atoms with Crippen molar-refractivity contribution in [1.29, 1.82) is 0 Å². The van der Waals surface area contributed by atoms with Crippen LogP contribution in [-0.4, -0.2) is 12.0 Å². The molecule has 0 aliphatic carbocycles. The second-order valence-corrected chi connectivity index (χ2v) is 5.99. The van der Waals surface area contributed by atoms with Crippen LogP contribution in [0, 0.1) is 26.6 Å². The molecule has 0 saturated carbocycles. The van der Waals surface area contributed by atoms with Crippen LogP contribution in [0.4, 0.5) is 10.1 Å². The van der Waals surface area contributed by atoms with E-state index in [2.05, 4.69) is 11.4 Å². The van der Waals surface area contributed by atoms with Crippen molar-refractivity contribution in [2.45, 2.75) is 33.8 Å². The van der Waals surface area contributed by atoms with Crippen LogP contribution in [0.5, 0.6) is 5.75 Å². The highest BCUT2D eigenvalue weighted by Gasteiger charge is 2.17. The molecule has 0 spiro atoms. The molecular formula is C18H19ClFNO2. The van der Waals surface area contributed by atoms with Gasteiger partial charge < -0.3 is 10.1 Å². The lowest BCUT2D eigenvalue weighted by Gasteiger charge is -2.18. The number of halogens is 2. The first-order valence-corrected chi connectivity index (χ1v) is 7.66. The average molecular weight is 336 g/mol. The quantitative estimate of drug-likeness (QED) is 0.870. The number of benzene rings is 2. The van der Waals surface area contributed by atoms with Gasteiger partial charge in [0, 0.05) is 5.69 Å². The van der Waals surface area contributed by atoms with E-state index in [1.54, 1.807) is 6.92 Å². The van der Waals surface area contributed by atoms with E-state index in [0.29, 0.717) is 11.4 Å². The van der Waals surface area contributed by atoms with Gasteiger partial charge in [-0.15, -0.1) is 0 Å². The lowest BCUT2D eigenvalue weighted by Crippen LogP contribution is -2.30. The topological polar surface area (TPSA) is 38.3 Å². The van der Waals surface area contributed by atoms with Crippen molar-refractivity contribution in [2.75, 3.05) is 5.32 Å². The molecule has 0 saturated heterocycles. The van der Waals surface area contributed by atoms with Crippen molar-refractivity contribution >= 4 is 23.2 Å². The number of ether oxygens (including phenoxy) is 1. The van der Waals surface area contributed by atoms with Gasteiger partial charge in [0.25, 0.3) is 5.91 Å². The second kappa shape index (κ2) is 7.01. The first-order valence-electron chi connectivity index (χ1n) is 7.28. The van der Waals surface area contributed by atoms with E-state index in [4.69, 9.17) is 16.3 Å². The van der Waals surface area contributed by atoms with Gasteiger partial charge in [-0.3, -0.25) is 4.79 Å². The predicted molar refractivity (Wildman–Crippen MR) is 90.8 cm³/mol. The summed E-state index contributed by atoms with van der Waals surface area (Å²) in [4.78, 5) is 12.2. The van der Waals surface area contributed by atoms with Crippen molar-refractivity contribution in [3.8, 4) is 5.75 Å². The van der Waals surface area contributed by atoms with Crippen LogP contribution in [0.1, 0.15) is 23.6 Å². The molecule has 122 valence electrons. The number of hydrogen-bond acceptors (Lipinski definition) is 2. The Morgan fingerprint density at radius 2 is 1.91 bits per heavy atom. The summed E-state index contributed by atoms with van der Waals surface area (Å²) in [5.74, 6) is -0.173. The summed E-state index contributed by atoms with van der Waals surface area (Å²) in [6.07, 6.45) is -0.696. The highest BCUT2D eigenvalue weighted by atomic mass is 35.5. The van der Waals surface area contributed by atoms with Gasteiger partial charge in [-0.25, -0.2) is 4.39 Å². The fourth-order valence-electron chi connectivity index (χ4n) is 2.18. The molecule has 2 aromatic carbocycles. The smallest absolute Gasteiger partial charge is 0.265 e. The lowest BCUT2D eigenvalue weighted by molar-refractivity contribution is -0.122. The van der Waals surface area contributed by atoms with Gasteiger partial charge in [0.05, 0.1) is 5.02 Å². The van der Waals surface area contributed by atoms with Gasteiger partial charge >= 0.3 is 0 Å². The van der Waals surface area contributed by atoms with Gasteiger partial charge in [0.15, 0.2) is 6.10 Å². The number of rotatable bonds is 4. The summed E-state index contributed by atoms with van der Waals surface area (Å²) in [7, 11) is 0. The molecule has 0 bridgehead atoms. The zero-order valence-corrected chi connectivity index (χ0v) is 14.3. The molecule has 23 heavy (non-hydrogen) atoms. The molecular weight excluding hydrogens is 317 g/mol. The summed E-state index contributed by atoms with van der Waals surface area (Å²) in [5.41, 5.74) is 3.60. The molecule has 0 heterocycles. The number of carbonyl (C=O) groups excluding carboxylic acids is 1. The maximum absolute atomic E-state index is 13.1. The Balaban J connectivity index is 2.10. The molecule has 0 unspecified atom stereocenters. The molecule has 0 radical (unpaired) electrons. The first kappa shape index (κ1) is 17.3. The third-order valence-electron chi connectivity index (χ3n) is 3.62. The van der Waals surface area contributed by atoms with E-state index in [0.717, 1.165) is 16.7 Å². The molecule has 0 aliphatic heterocycles. The molecule has 2 aromatic rings. The minimum Gasteiger partial charge on any atom is -0.481 e. The fourth-order valence-corrected chi connectivity index (χ4v) is 2.37. The maximum atomic E-state index is 13.1. The van der Waals surface area contributed by atoms with Crippen LogP contribution in [-0.2, 0) is 4.79 Å². The van der Waals surface area contributed by atoms with E-state index in [-0.39, 0.29) is 10.9 Å². The summed E-state index contributed by atoms with van der Waals surface area (Å²) in [6, 6.07) is 7.99. The molecule has 1 atom stereocenters. The van der Waals surface area contributed by atoms with E-state index >= 15 is 0 Å². The van der Waals surface area contributed by atoms with E-state index < -0.39 is 11.9 Å².